The third-order valence-electron chi connectivity index (χ3n) is 11.6. The summed E-state index contributed by atoms with van der Waals surface area (Å²) < 4.78 is 19.2. The number of phenols is 1. The maximum atomic E-state index is 15.5. The van der Waals surface area contributed by atoms with Gasteiger partial charge in [0.05, 0.1) is 23.0 Å². The Balaban J connectivity index is 1.40. The number of carbonyl (C=O) groups is 3. The van der Waals surface area contributed by atoms with Crippen molar-refractivity contribution in [2.75, 3.05) is 19.0 Å². The third kappa shape index (κ3) is 5.85. The Kier molecular flexibility index (Phi) is 9.18. The lowest BCUT2D eigenvalue weighted by atomic mass is 9.57. The lowest BCUT2D eigenvalue weighted by Crippen LogP contribution is -2.68. The lowest BCUT2D eigenvalue weighted by Gasteiger charge is -2.55. The molecule has 0 bridgehead atoms. The fourth-order valence-corrected chi connectivity index (χ4v) is 9.55. The maximum absolute atomic E-state index is 15.5. The van der Waals surface area contributed by atoms with Crippen LogP contribution in [0.15, 0.2) is 77.1 Å². The van der Waals surface area contributed by atoms with Crippen LogP contribution in [0.2, 0.25) is 18.1 Å². The SMILES string of the molecule is CC(=O)N(c1ccncc1)c1cc(O)c2c(c1)C[C@H]1C[C@H]3[C@H](N(C)C)c4onc(OCc5ccccc5)c4C(=O)C3(O[Si](C)(C)C(C)(C)C)C(=O)C1=C2O. The zero-order valence-electron chi connectivity index (χ0n) is 31.8. The Hall–Kier alpha value is -5.11. The molecule has 2 aromatic heterocycles. The number of phenolic OH excluding ortho intramolecular Hbond substituents is 1. The van der Waals surface area contributed by atoms with Gasteiger partial charge in [-0.1, -0.05) is 51.1 Å². The molecule has 2 aromatic carbocycles. The van der Waals surface area contributed by atoms with Gasteiger partial charge in [0, 0.05) is 36.9 Å². The molecule has 4 atom stereocenters. The van der Waals surface area contributed by atoms with Crippen molar-refractivity contribution in [2.24, 2.45) is 11.8 Å². The van der Waals surface area contributed by atoms with Crippen molar-refractivity contribution in [1.29, 1.82) is 0 Å². The van der Waals surface area contributed by atoms with Gasteiger partial charge in [-0.3, -0.25) is 29.2 Å². The molecule has 54 heavy (non-hydrogen) atoms. The molecule has 12 nitrogen and oxygen atoms in total. The standard InChI is InChI=1S/C41H46N4O8Si/c1-23(46)45(27-14-16-42-17-15-27)28-19-25-18-26-20-29-34(44(5)6)36-33(39(43-52-36)51-22-24-12-10-9-11-13-24)38(50)41(29,53-54(7,8)40(2,3)4)37(49)32(26)35(48)31(25)30(47)21-28/h9-17,19,21,26,29,34,47-48H,18,20,22H2,1-8H3/t26-,29-,34-,41?/m0/s1. The number of aliphatic hydroxyl groups excluding tert-OH is 1. The number of pyridine rings is 1. The monoisotopic (exact) mass is 750 g/mol. The van der Waals surface area contributed by atoms with Gasteiger partial charge in [-0.2, -0.15) is 0 Å². The van der Waals surface area contributed by atoms with E-state index in [1.807, 2.05) is 83.2 Å². The minimum Gasteiger partial charge on any atom is -0.507 e. The van der Waals surface area contributed by atoms with E-state index in [1.54, 1.807) is 30.6 Å². The summed E-state index contributed by atoms with van der Waals surface area (Å²) in [4.78, 5) is 51.2. The summed E-state index contributed by atoms with van der Waals surface area (Å²) in [5.41, 5.74) is 0.484. The fraction of sp³-hybridized carbons (Fsp3) is 0.390. The van der Waals surface area contributed by atoms with Crippen molar-refractivity contribution in [3.8, 4) is 11.6 Å². The van der Waals surface area contributed by atoms with E-state index >= 15 is 9.59 Å². The van der Waals surface area contributed by atoms with Crippen molar-refractivity contribution in [1.82, 2.24) is 15.0 Å². The number of Topliss-reactive ketones (excluding diaryl/α,β-unsaturated/α-hetero) is 2. The molecule has 1 amide bonds. The molecular weight excluding hydrogens is 705 g/mol. The molecule has 7 rings (SSSR count). The molecule has 282 valence electrons. The first kappa shape index (κ1) is 37.2. The highest BCUT2D eigenvalue weighted by Crippen LogP contribution is 2.59. The predicted molar refractivity (Wildman–Crippen MR) is 204 cm³/mol. The number of ether oxygens (including phenoxy) is 1. The van der Waals surface area contributed by atoms with Crippen molar-refractivity contribution in [3.05, 3.63) is 101 Å². The molecular formula is C41H46N4O8Si. The number of aliphatic hydroxyl groups is 1. The van der Waals surface area contributed by atoms with Gasteiger partial charge in [-0.05, 0) is 85.5 Å². The number of hydrogen-bond donors (Lipinski definition) is 2. The van der Waals surface area contributed by atoms with Crippen LogP contribution in [-0.2, 0) is 27.0 Å². The van der Waals surface area contributed by atoms with Gasteiger partial charge in [0.25, 0.3) is 5.88 Å². The lowest BCUT2D eigenvalue weighted by molar-refractivity contribution is -0.140. The first-order valence-corrected chi connectivity index (χ1v) is 21.0. The predicted octanol–water partition coefficient (Wildman–Crippen LogP) is 7.33. The number of rotatable bonds is 8. The van der Waals surface area contributed by atoms with E-state index in [-0.39, 0.29) is 53.7 Å². The summed E-state index contributed by atoms with van der Waals surface area (Å²) in [5, 5.41) is 27.5. The summed E-state index contributed by atoms with van der Waals surface area (Å²) in [6, 6.07) is 15.3. The third-order valence-corrected chi connectivity index (χ3v) is 16.0. The first-order chi connectivity index (χ1) is 25.5. The topological polar surface area (TPSA) is 156 Å². The number of carbonyl (C=O) groups excluding carboxylic acids is 3. The molecule has 0 radical (unpaired) electrons. The van der Waals surface area contributed by atoms with Gasteiger partial charge in [0.15, 0.2) is 19.7 Å². The second-order valence-corrected chi connectivity index (χ2v) is 21.0. The molecule has 1 saturated carbocycles. The Labute approximate surface area is 315 Å². The number of benzene rings is 2. The zero-order valence-corrected chi connectivity index (χ0v) is 32.8. The van der Waals surface area contributed by atoms with Crippen LogP contribution in [0.4, 0.5) is 11.4 Å². The van der Waals surface area contributed by atoms with Gasteiger partial charge < -0.3 is 23.9 Å². The second-order valence-electron chi connectivity index (χ2n) is 16.2. The Bertz CT molecular complexity index is 2180. The van der Waals surface area contributed by atoms with Crippen LogP contribution >= 0.6 is 0 Å². The van der Waals surface area contributed by atoms with Crippen molar-refractivity contribution in [3.63, 3.8) is 0 Å². The van der Waals surface area contributed by atoms with E-state index < -0.39 is 54.2 Å². The average molecular weight is 751 g/mol. The molecule has 4 aromatic rings. The highest BCUT2D eigenvalue weighted by atomic mass is 28.4. The average Bonchev–Trinajstić information content (AvgIpc) is 3.52. The Morgan fingerprint density at radius 3 is 2.31 bits per heavy atom. The van der Waals surface area contributed by atoms with Gasteiger partial charge in [0.1, 0.15) is 23.7 Å². The summed E-state index contributed by atoms with van der Waals surface area (Å²) in [5.74, 6) is -3.28. The van der Waals surface area contributed by atoms with E-state index in [4.69, 9.17) is 13.7 Å². The smallest absolute Gasteiger partial charge is 0.265 e. The second kappa shape index (κ2) is 13.3. The van der Waals surface area contributed by atoms with Gasteiger partial charge in [-0.15, -0.1) is 0 Å². The molecule has 3 aliphatic rings. The van der Waals surface area contributed by atoms with Crippen LogP contribution in [0, 0.1) is 11.8 Å². The summed E-state index contributed by atoms with van der Waals surface area (Å²) >= 11 is 0. The zero-order chi connectivity index (χ0) is 38.9. The number of anilines is 2. The fourth-order valence-electron chi connectivity index (χ4n) is 8.10. The molecule has 13 heteroatoms. The van der Waals surface area contributed by atoms with Gasteiger partial charge in [0.2, 0.25) is 17.5 Å². The van der Waals surface area contributed by atoms with Crippen LogP contribution in [-0.4, -0.2) is 70.7 Å². The van der Waals surface area contributed by atoms with E-state index in [9.17, 15) is 15.0 Å². The quantitative estimate of drug-likeness (QED) is 0.137. The highest BCUT2D eigenvalue weighted by molar-refractivity contribution is 6.74. The molecule has 0 spiro atoms. The molecule has 2 N–H and O–H groups in total. The normalized spacial score (nSPS) is 22.4. The minimum atomic E-state index is -2.92. The number of ketones is 2. The van der Waals surface area contributed by atoms with Crippen LogP contribution in [0.5, 0.6) is 11.6 Å². The number of nitrogens with zero attached hydrogens (tertiary/aromatic N) is 4. The maximum Gasteiger partial charge on any atom is 0.265 e. The van der Waals surface area contributed by atoms with E-state index in [0.29, 0.717) is 22.7 Å². The molecule has 1 unspecified atom stereocenters. The van der Waals surface area contributed by atoms with Crippen LogP contribution in [0.3, 0.4) is 0 Å². The molecule has 1 fully saturated rings. The van der Waals surface area contributed by atoms with Crippen molar-refractivity contribution in [2.45, 2.75) is 76.9 Å². The molecule has 0 saturated heterocycles. The Morgan fingerprint density at radius 2 is 1.69 bits per heavy atom. The number of amides is 1. The van der Waals surface area contributed by atoms with Gasteiger partial charge in [-0.25, -0.2) is 0 Å². The minimum absolute atomic E-state index is 0.0288. The van der Waals surface area contributed by atoms with Crippen LogP contribution in [0.25, 0.3) is 5.76 Å². The van der Waals surface area contributed by atoms with E-state index in [1.165, 1.54) is 17.9 Å². The Morgan fingerprint density at radius 1 is 1.00 bits per heavy atom. The van der Waals surface area contributed by atoms with Crippen molar-refractivity contribution < 1.29 is 38.3 Å². The van der Waals surface area contributed by atoms with Crippen LogP contribution in [0.1, 0.15) is 73.0 Å². The van der Waals surface area contributed by atoms with E-state index in [0.717, 1.165) is 5.56 Å². The van der Waals surface area contributed by atoms with Crippen molar-refractivity contribution >= 4 is 42.9 Å². The first-order valence-electron chi connectivity index (χ1n) is 18.1. The summed E-state index contributed by atoms with van der Waals surface area (Å²) in [6.45, 7) is 11.6. The largest absolute Gasteiger partial charge is 0.507 e. The van der Waals surface area contributed by atoms with Gasteiger partial charge >= 0.3 is 0 Å². The number of aromatic hydroxyl groups is 1. The molecule has 0 aliphatic heterocycles. The number of hydrogen-bond acceptors (Lipinski definition) is 11. The molecule has 3 aliphatic carbocycles. The summed E-state index contributed by atoms with van der Waals surface area (Å²) in [6.07, 6.45) is 3.65. The summed E-state index contributed by atoms with van der Waals surface area (Å²) in [7, 11) is 0.798. The van der Waals surface area contributed by atoms with Crippen LogP contribution < -0.4 is 9.64 Å². The van der Waals surface area contributed by atoms with E-state index in [2.05, 4.69) is 10.1 Å². The highest BCUT2D eigenvalue weighted by Gasteiger charge is 2.68. The molecule has 2 heterocycles. The number of aromatic nitrogens is 2. The number of fused-ring (bicyclic) bond motifs is 4.